The van der Waals surface area contributed by atoms with Gasteiger partial charge in [0.15, 0.2) is 5.78 Å². The standard InChI is InChI=1S/C13H19NO4/c1-11(15)13-5-4-12(10-14-13)18-7-3-6-17-9-8-16-2/h4-5,10H,3,6-9H2,1-2H3. The molecular weight excluding hydrogens is 234 g/mol. The number of hydrogen-bond acceptors (Lipinski definition) is 5. The van der Waals surface area contributed by atoms with Crippen LogP contribution in [0, 0.1) is 0 Å². The number of ether oxygens (including phenoxy) is 3. The molecule has 0 spiro atoms. The Morgan fingerprint density at radius 3 is 2.67 bits per heavy atom. The summed E-state index contributed by atoms with van der Waals surface area (Å²) in [5.41, 5.74) is 0.449. The minimum absolute atomic E-state index is 0.0481. The second kappa shape index (κ2) is 8.60. The van der Waals surface area contributed by atoms with E-state index in [0.717, 1.165) is 6.42 Å². The molecule has 0 bridgehead atoms. The Kier molecular flexibility index (Phi) is 6.98. The SMILES string of the molecule is COCCOCCCOc1ccc(C(C)=O)nc1. The normalized spacial score (nSPS) is 10.3. The van der Waals surface area contributed by atoms with Crippen molar-refractivity contribution in [2.24, 2.45) is 0 Å². The number of carbonyl (C=O) groups is 1. The minimum Gasteiger partial charge on any atom is -0.492 e. The highest BCUT2D eigenvalue weighted by Gasteiger charge is 2.00. The number of hydrogen-bond donors (Lipinski definition) is 0. The molecule has 100 valence electrons. The Balaban J connectivity index is 2.14. The van der Waals surface area contributed by atoms with Crippen LogP contribution in [0.2, 0.25) is 0 Å². The van der Waals surface area contributed by atoms with Gasteiger partial charge in [-0.05, 0) is 12.1 Å². The topological polar surface area (TPSA) is 57.7 Å². The lowest BCUT2D eigenvalue weighted by molar-refractivity contribution is 0.0644. The quantitative estimate of drug-likeness (QED) is 0.495. The van der Waals surface area contributed by atoms with Crippen molar-refractivity contribution in [3.63, 3.8) is 0 Å². The first-order chi connectivity index (χ1) is 8.74. The van der Waals surface area contributed by atoms with Crippen LogP contribution in [-0.4, -0.2) is 44.3 Å². The van der Waals surface area contributed by atoms with Gasteiger partial charge in [-0.15, -0.1) is 0 Å². The molecule has 0 unspecified atom stereocenters. The van der Waals surface area contributed by atoms with Gasteiger partial charge in [0.1, 0.15) is 11.4 Å². The molecule has 1 heterocycles. The highest BCUT2D eigenvalue weighted by atomic mass is 16.5. The second-order valence-electron chi connectivity index (χ2n) is 3.74. The summed E-state index contributed by atoms with van der Waals surface area (Å²) in [6.07, 6.45) is 2.36. The monoisotopic (exact) mass is 253 g/mol. The molecule has 5 heteroatoms. The first-order valence-electron chi connectivity index (χ1n) is 5.90. The molecule has 0 fully saturated rings. The summed E-state index contributed by atoms with van der Waals surface area (Å²) in [6.45, 7) is 3.90. The van der Waals surface area contributed by atoms with Crippen molar-refractivity contribution < 1.29 is 19.0 Å². The van der Waals surface area contributed by atoms with E-state index in [1.54, 1.807) is 25.4 Å². The summed E-state index contributed by atoms with van der Waals surface area (Å²) in [5, 5.41) is 0. The molecule has 0 aromatic carbocycles. The van der Waals surface area contributed by atoms with Gasteiger partial charge >= 0.3 is 0 Å². The molecule has 0 aliphatic heterocycles. The minimum atomic E-state index is -0.0481. The third-order valence-electron chi connectivity index (χ3n) is 2.23. The molecule has 0 saturated carbocycles. The fraction of sp³-hybridized carbons (Fsp3) is 0.538. The molecular formula is C13H19NO4. The van der Waals surface area contributed by atoms with Crippen LogP contribution in [0.15, 0.2) is 18.3 Å². The Bertz CT molecular complexity index is 351. The fourth-order valence-electron chi connectivity index (χ4n) is 1.27. The molecule has 0 aliphatic carbocycles. The predicted octanol–water partition coefficient (Wildman–Crippen LogP) is 1.72. The second-order valence-corrected chi connectivity index (χ2v) is 3.74. The van der Waals surface area contributed by atoms with Gasteiger partial charge in [-0.2, -0.15) is 0 Å². The van der Waals surface area contributed by atoms with Gasteiger partial charge in [-0.1, -0.05) is 0 Å². The van der Waals surface area contributed by atoms with E-state index in [1.807, 2.05) is 0 Å². The number of rotatable bonds is 9. The molecule has 0 amide bonds. The van der Waals surface area contributed by atoms with Gasteiger partial charge in [0.2, 0.25) is 0 Å². The van der Waals surface area contributed by atoms with E-state index in [2.05, 4.69) is 4.98 Å². The summed E-state index contributed by atoms with van der Waals surface area (Å²) in [6, 6.07) is 3.41. The van der Waals surface area contributed by atoms with Gasteiger partial charge in [-0.25, -0.2) is 4.98 Å². The Hall–Kier alpha value is -1.46. The molecule has 1 aromatic rings. The molecule has 0 N–H and O–H groups in total. The van der Waals surface area contributed by atoms with E-state index in [0.29, 0.717) is 37.9 Å². The number of ketones is 1. The number of carbonyl (C=O) groups excluding carboxylic acids is 1. The summed E-state index contributed by atoms with van der Waals surface area (Å²) in [7, 11) is 1.64. The van der Waals surface area contributed by atoms with E-state index in [4.69, 9.17) is 14.2 Å². The van der Waals surface area contributed by atoms with Crippen molar-refractivity contribution in [1.29, 1.82) is 0 Å². The lowest BCUT2D eigenvalue weighted by Crippen LogP contribution is -2.07. The Morgan fingerprint density at radius 1 is 1.22 bits per heavy atom. The zero-order valence-electron chi connectivity index (χ0n) is 10.8. The van der Waals surface area contributed by atoms with Gasteiger partial charge in [0.25, 0.3) is 0 Å². The predicted molar refractivity (Wildman–Crippen MR) is 67.0 cm³/mol. The van der Waals surface area contributed by atoms with Crippen LogP contribution in [-0.2, 0) is 9.47 Å². The third kappa shape index (κ3) is 5.75. The number of pyridine rings is 1. The van der Waals surface area contributed by atoms with Crippen LogP contribution >= 0.6 is 0 Å². The van der Waals surface area contributed by atoms with Crippen LogP contribution in [0.5, 0.6) is 5.75 Å². The average molecular weight is 253 g/mol. The summed E-state index contributed by atoms with van der Waals surface area (Å²) >= 11 is 0. The zero-order chi connectivity index (χ0) is 13.2. The van der Waals surface area contributed by atoms with Gasteiger partial charge in [-0.3, -0.25) is 4.79 Å². The van der Waals surface area contributed by atoms with Crippen LogP contribution in [0.3, 0.4) is 0 Å². The zero-order valence-corrected chi connectivity index (χ0v) is 10.8. The Morgan fingerprint density at radius 2 is 2.06 bits per heavy atom. The molecule has 18 heavy (non-hydrogen) atoms. The van der Waals surface area contributed by atoms with Crippen molar-refractivity contribution in [3.8, 4) is 5.75 Å². The first-order valence-corrected chi connectivity index (χ1v) is 5.90. The molecule has 0 aliphatic rings. The largest absolute Gasteiger partial charge is 0.492 e. The van der Waals surface area contributed by atoms with Crippen molar-refractivity contribution >= 4 is 5.78 Å². The van der Waals surface area contributed by atoms with E-state index in [-0.39, 0.29) is 5.78 Å². The summed E-state index contributed by atoms with van der Waals surface area (Å²) in [5.74, 6) is 0.616. The van der Waals surface area contributed by atoms with Crippen molar-refractivity contribution in [2.75, 3.05) is 33.5 Å². The Labute approximate surface area is 107 Å². The van der Waals surface area contributed by atoms with Crippen LogP contribution in [0.1, 0.15) is 23.8 Å². The number of methoxy groups -OCH3 is 1. The number of nitrogens with zero attached hydrogens (tertiary/aromatic N) is 1. The number of aromatic nitrogens is 1. The van der Waals surface area contributed by atoms with Crippen LogP contribution in [0.4, 0.5) is 0 Å². The smallest absolute Gasteiger partial charge is 0.178 e. The fourth-order valence-corrected chi connectivity index (χ4v) is 1.27. The first kappa shape index (κ1) is 14.6. The third-order valence-corrected chi connectivity index (χ3v) is 2.23. The van der Waals surface area contributed by atoms with Gasteiger partial charge < -0.3 is 14.2 Å². The van der Waals surface area contributed by atoms with Crippen molar-refractivity contribution in [2.45, 2.75) is 13.3 Å². The lowest BCUT2D eigenvalue weighted by atomic mass is 10.3. The van der Waals surface area contributed by atoms with Crippen molar-refractivity contribution in [3.05, 3.63) is 24.0 Å². The van der Waals surface area contributed by atoms with E-state index in [1.165, 1.54) is 6.92 Å². The lowest BCUT2D eigenvalue weighted by Gasteiger charge is -2.06. The maximum atomic E-state index is 11.0. The maximum absolute atomic E-state index is 11.0. The van der Waals surface area contributed by atoms with Crippen molar-refractivity contribution in [1.82, 2.24) is 4.98 Å². The highest BCUT2D eigenvalue weighted by molar-refractivity contribution is 5.92. The van der Waals surface area contributed by atoms with Gasteiger partial charge in [0.05, 0.1) is 26.0 Å². The van der Waals surface area contributed by atoms with Crippen LogP contribution in [0.25, 0.3) is 0 Å². The molecule has 5 nitrogen and oxygen atoms in total. The average Bonchev–Trinajstić information content (AvgIpc) is 2.38. The molecule has 0 atom stereocenters. The maximum Gasteiger partial charge on any atom is 0.178 e. The number of Topliss-reactive ketones (excluding diaryl/α,β-unsaturated/α-hetero) is 1. The van der Waals surface area contributed by atoms with E-state index in [9.17, 15) is 4.79 Å². The molecule has 1 aromatic heterocycles. The molecule has 0 radical (unpaired) electrons. The van der Waals surface area contributed by atoms with E-state index < -0.39 is 0 Å². The molecule has 1 rings (SSSR count). The summed E-state index contributed by atoms with van der Waals surface area (Å²) in [4.78, 5) is 15.0. The summed E-state index contributed by atoms with van der Waals surface area (Å²) < 4.78 is 15.6. The van der Waals surface area contributed by atoms with Crippen LogP contribution < -0.4 is 4.74 Å². The van der Waals surface area contributed by atoms with E-state index >= 15 is 0 Å². The van der Waals surface area contributed by atoms with Gasteiger partial charge in [0, 0.05) is 27.1 Å². The highest BCUT2D eigenvalue weighted by Crippen LogP contribution is 2.09. The molecule has 0 saturated heterocycles.